The molecule has 106 valence electrons. The SMILES string of the molecule is O=C(O)CCCC12CC(c3ccccc31)c1ccccc12. The lowest BCUT2D eigenvalue weighted by atomic mass is 9.72. The van der Waals surface area contributed by atoms with Gasteiger partial charge in [-0.2, -0.15) is 0 Å². The maximum atomic E-state index is 10.9. The first-order valence-corrected chi connectivity index (χ1v) is 7.63. The molecule has 0 amide bonds. The van der Waals surface area contributed by atoms with Gasteiger partial charge >= 0.3 is 5.97 Å². The minimum absolute atomic E-state index is 0.0489. The standard InChI is InChI=1S/C19H18O2/c20-18(21)10-5-11-19-12-15(13-6-1-3-8-16(13)19)14-7-2-4-9-17(14)19/h1-4,6-9,15H,5,10-12H2,(H,20,21). The number of carbonyl (C=O) groups is 1. The van der Waals surface area contributed by atoms with Crippen molar-refractivity contribution in [3.8, 4) is 0 Å². The molecule has 0 spiro atoms. The second kappa shape index (κ2) is 4.45. The first-order valence-electron chi connectivity index (χ1n) is 7.63. The van der Waals surface area contributed by atoms with Gasteiger partial charge in [0.15, 0.2) is 0 Å². The monoisotopic (exact) mass is 278 g/mol. The molecule has 2 aromatic carbocycles. The highest BCUT2D eigenvalue weighted by molar-refractivity contribution is 5.67. The van der Waals surface area contributed by atoms with Gasteiger partial charge in [0.25, 0.3) is 0 Å². The fourth-order valence-corrected chi connectivity index (χ4v) is 4.49. The van der Waals surface area contributed by atoms with Crippen LogP contribution in [0, 0.1) is 0 Å². The van der Waals surface area contributed by atoms with Crippen molar-refractivity contribution >= 4 is 5.97 Å². The lowest BCUT2D eigenvalue weighted by molar-refractivity contribution is -0.137. The summed E-state index contributed by atoms with van der Waals surface area (Å²) in [5, 5.41) is 8.94. The van der Waals surface area contributed by atoms with E-state index in [1.165, 1.54) is 22.3 Å². The molecule has 2 aliphatic carbocycles. The number of hydrogen-bond donors (Lipinski definition) is 1. The summed E-state index contributed by atoms with van der Waals surface area (Å²) in [6.45, 7) is 0. The van der Waals surface area contributed by atoms with Crippen LogP contribution in [0.25, 0.3) is 0 Å². The fourth-order valence-electron chi connectivity index (χ4n) is 4.49. The lowest BCUT2D eigenvalue weighted by Gasteiger charge is -2.31. The van der Waals surface area contributed by atoms with Gasteiger partial charge in [0.05, 0.1) is 0 Å². The van der Waals surface area contributed by atoms with Crippen molar-refractivity contribution in [3.05, 3.63) is 70.8 Å². The van der Waals surface area contributed by atoms with Crippen molar-refractivity contribution in [3.63, 3.8) is 0 Å². The Morgan fingerprint density at radius 1 is 1.05 bits per heavy atom. The van der Waals surface area contributed by atoms with Gasteiger partial charge in [-0.15, -0.1) is 0 Å². The third-order valence-corrected chi connectivity index (χ3v) is 5.25. The predicted octanol–water partition coefficient (Wildman–Crippen LogP) is 4.08. The molecule has 2 heteroatoms. The molecule has 2 aromatic rings. The second-order valence-corrected chi connectivity index (χ2v) is 6.26. The summed E-state index contributed by atoms with van der Waals surface area (Å²) in [6, 6.07) is 17.4. The Morgan fingerprint density at radius 3 is 2.19 bits per heavy atom. The van der Waals surface area contributed by atoms with E-state index in [9.17, 15) is 4.79 Å². The van der Waals surface area contributed by atoms with Crippen molar-refractivity contribution in [2.75, 3.05) is 0 Å². The Labute approximate surface area is 124 Å². The molecule has 2 nitrogen and oxygen atoms in total. The van der Waals surface area contributed by atoms with Gasteiger partial charge in [-0.05, 0) is 41.5 Å². The number of benzene rings is 2. The Kier molecular flexibility index (Phi) is 2.68. The Bertz CT molecular complexity index is 670. The number of hydrogen-bond acceptors (Lipinski definition) is 1. The van der Waals surface area contributed by atoms with Crippen LogP contribution in [0.15, 0.2) is 48.5 Å². The number of carboxylic acids is 1. The summed E-state index contributed by atoms with van der Waals surface area (Å²) < 4.78 is 0. The fraction of sp³-hybridized carbons (Fsp3) is 0.316. The van der Waals surface area contributed by atoms with Crippen LogP contribution in [0.5, 0.6) is 0 Å². The summed E-state index contributed by atoms with van der Waals surface area (Å²) in [7, 11) is 0. The van der Waals surface area contributed by atoms with Crippen LogP contribution in [-0.4, -0.2) is 11.1 Å². The second-order valence-electron chi connectivity index (χ2n) is 6.26. The van der Waals surface area contributed by atoms with Crippen molar-refractivity contribution in [2.24, 2.45) is 0 Å². The Morgan fingerprint density at radius 2 is 1.62 bits per heavy atom. The topological polar surface area (TPSA) is 37.3 Å². The van der Waals surface area contributed by atoms with Gasteiger partial charge in [0, 0.05) is 17.8 Å². The third-order valence-electron chi connectivity index (χ3n) is 5.25. The molecule has 0 atom stereocenters. The Hall–Kier alpha value is -2.09. The van der Waals surface area contributed by atoms with Gasteiger partial charge in [-0.1, -0.05) is 48.5 Å². The molecule has 0 fully saturated rings. The zero-order valence-electron chi connectivity index (χ0n) is 11.9. The number of rotatable bonds is 4. The van der Waals surface area contributed by atoms with E-state index in [1.807, 2.05) is 0 Å². The smallest absolute Gasteiger partial charge is 0.303 e. The predicted molar refractivity (Wildman–Crippen MR) is 81.6 cm³/mol. The van der Waals surface area contributed by atoms with E-state index in [0.717, 1.165) is 19.3 Å². The van der Waals surface area contributed by atoms with Crippen LogP contribution >= 0.6 is 0 Å². The van der Waals surface area contributed by atoms with Gasteiger partial charge in [-0.25, -0.2) is 0 Å². The van der Waals surface area contributed by atoms with Crippen LogP contribution in [0.4, 0.5) is 0 Å². The summed E-state index contributed by atoms with van der Waals surface area (Å²) in [5.74, 6) is -0.192. The molecule has 0 heterocycles. The molecule has 0 aliphatic heterocycles. The number of fused-ring (bicyclic) bond motifs is 8. The van der Waals surface area contributed by atoms with Crippen LogP contribution in [0.2, 0.25) is 0 Å². The first-order chi connectivity index (χ1) is 10.2. The van der Waals surface area contributed by atoms with E-state index >= 15 is 0 Å². The quantitative estimate of drug-likeness (QED) is 0.915. The molecule has 0 saturated heterocycles. The van der Waals surface area contributed by atoms with Crippen LogP contribution in [0.3, 0.4) is 0 Å². The maximum absolute atomic E-state index is 10.9. The molecule has 21 heavy (non-hydrogen) atoms. The zero-order valence-corrected chi connectivity index (χ0v) is 11.9. The van der Waals surface area contributed by atoms with Gasteiger partial charge in [-0.3, -0.25) is 4.79 Å². The molecular weight excluding hydrogens is 260 g/mol. The van der Waals surface area contributed by atoms with Crippen LogP contribution in [-0.2, 0) is 10.2 Å². The average Bonchev–Trinajstić information content (AvgIpc) is 3.00. The van der Waals surface area contributed by atoms with Crippen LogP contribution in [0.1, 0.15) is 53.9 Å². The summed E-state index contributed by atoms with van der Waals surface area (Å²) in [6.07, 6.45) is 3.05. The van der Waals surface area contributed by atoms with Crippen LogP contribution < -0.4 is 0 Å². The Balaban J connectivity index is 1.80. The van der Waals surface area contributed by atoms with Gasteiger partial charge in [0.2, 0.25) is 0 Å². The van der Waals surface area contributed by atoms with Crippen molar-refractivity contribution < 1.29 is 9.90 Å². The first kappa shape index (κ1) is 12.6. The molecule has 2 aliphatic rings. The summed E-state index contributed by atoms with van der Waals surface area (Å²) in [5.41, 5.74) is 5.81. The van der Waals surface area contributed by atoms with Crippen molar-refractivity contribution in [2.45, 2.75) is 37.0 Å². The summed E-state index contributed by atoms with van der Waals surface area (Å²) in [4.78, 5) is 10.9. The highest BCUT2D eigenvalue weighted by atomic mass is 16.4. The lowest BCUT2D eigenvalue weighted by Crippen LogP contribution is -2.24. The molecule has 1 N–H and O–H groups in total. The summed E-state index contributed by atoms with van der Waals surface area (Å²) >= 11 is 0. The van der Waals surface area contributed by atoms with E-state index in [2.05, 4.69) is 48.5 Å². The van der Waals surface area contributed by atoms with Crippen molar-refractivity contribution in [1.82, 2.24) is 0 Å². The largest absolute Gasteiger partial charge is 0.481 e. The van der Waals surface area contributed by atoms with E-state index in [4.69, 9.17) is 5.11 Å². The molecule has 0 saturated carbocycles. The van der Waals surface area contributed by atoms with Gasteiger partial charge in [0.1, 0.15) is 0 Å². The molecule has 0 radical (unpaired) electrons. The van der Waals surface area contributed by atoms with E-state index in [-0.39, 0.29) is 11.8 Å². The minimum Gasteiger partial charge on any atom is -0.481 e. The van der Waals surface area contributed by atoms with E-state index < -0.39 is 5.97 Å². The highest BCUT2D eigenvalue weighted by Gasteiger charge is 2.51. The molecular formula is C19H18O2. The van der Waals surface area contributed by atoms with Gasteiger partial charge < -0.3 is 5.11 Å². The average molecular weight is 278 g/mol. The maximum Gasteiger partial charge on any atom is 0.303 e. The minimum atomic E-state index is -0.694. The molecule has 4 rings (SSSR count). The molecule has 2 bridgehead atoms. The molecule has 0 unspecified atom stereocenters. The number of carboxylic acid groups (broad SMARTS) is 1. The highest BCUT2D eigenvalue weighted by Crippen LogP contribution is 2.61. The van der Waals surface area contributed by atoms with E-state index in [0.29, 0.717) is 5.92 Å². The molecule has 0 aromatic heterocycles. The normalized spacial score (nSPS) is 24.7. The van der Waals surface area contributed by atoms with E-state index in [1.54, 1.807) is 0 Å². The van der Waals surface area contributed by atoms with Crippen molar-refractivity contribution in [1.29, 1.82) is 0 Å². The third kappa shape index (κ3) is 1.68. The number of aliphatic carboxylic acids is 1. The zero-order chi connectivity index (χ0) is 14.4.